The minimum absolute atomic E-state index is 0. The van der Waals surface area contributed by atoms with Crippen LogP contribution in [0.25, 0.3) is 0 Å². The smallest absolute Gasteiger partial charge is 0.407 e. The zero-order chi connectivity index (χ0) is 19.6. The van der Waals surface area contributed by atoms with Gasteiger partial charge in [0.2, 0.25) is 0 Å². The van der Waals surface area contributed by atoms with Gasteiger partial charge in [-0.05, 0) is 44.7 Å². The van der Waals surface area contributed by atoms with Crippen LogP contribution in [0.4, 0.5) is 4.79 Å². The molecule has 28 heavy (non-hydrogen) atoms. The summed E-state index contributed by atoms with van der Waals surface area (Å²) in [6, 6.07) is 8.08. The van der Waals surface area contributed by atoms with E-state index in [1.165, 1.54) is 5.56 Å². The number of likely N-dealkylation sites (N-methyl/N-ethyl adjacent to an activating group) is 1. The summed E-state index contributed by atoms with van der Waals surface area (Å²) in [5.41, 5.74) is 1.21. The monoisotopic (exact) mass is 504 g/mol. The zero-order valence-electron chi connectivity index (χ0n) is 17.2. The third-order valence-corrected chi connectivity index (χ3v) is 4.54. The Labute approximate surface area is 185 Å². The number of aryl methyl sites for hydroxylation is 1. The first-order valence-electron chi connectivity index (χ1n) is 9.58. The fourth-order valence-electron chi connectivity index (χ4n) is 2.79. The number of aliphatic imine (C=N–C) groups is 1. The number of halogens is 1. The highest BCUT2D eigenvalue weighted by molar-refractivity contribution is 14.0. The van der Waals surface area contributed by atoms with E-state index >= 15 is 0 Å². The molecule has 1 amide bonds. The highest BCUT2D eigenvalue weighted by Gasteiger charge is 2.32. The molecule has 2 rings (SSSR count). The first kappa shape index (κ1) is 24.3. The lowest BCUT2D eigenvalue weighted by Gasteiger charge is -2.25. The van der Waals surface area contributed by atoms with Gasteiger partial charge in [0, 0.05) is 20.6 Å². The van der Waals surface area contributed by atoms with Crippen LogP contribution in [0.5, 0.6) is 5.75 Å². The molecule has 7 nitrogen and oxygen atoms in total. The molecule has 0 aliphatic heterocycles. The van der Waals surface area contributed by atoms with Gasteiger partial charge in [-0.1, -0.05) is 17.7 Å². The lowest BCUT2D eigenvalue weighted by Crippen LogP contribution is -2.49. The molecular formula is C20H33IN4O3. The number of alkyl carbamates (subject to hydrolysis) is 1. The summed E-state index contributed by atoms with van der Waals surface area (Å²) in [7, 11) is 3.73. The fourth-order valence-corrected chi connectivity index (χ4v) is 2.79. The SMILES string of the molecule is CCOC(=O)NC(CNC(=NC)N(C)CCOc1ccc(C)cc1)C1CC1.I. The van der Waals surface area contributed by atoms with Crippen LogP contribution in [0.2, 0.25) is 0 Å². The van der Waals surface area contributed by atoms with E-state index < -0.39 is 0 Å². The summed E-state index contributed by atoms with van der Waals surface area (Å²) in [4.78, 5) is 18.1. The van der Waals surface area contributed by atoms with Gasteiger partial charge in [-0.3, -0.25) is 4.99 Å². The molecule has 1 saturated carbocycles. The largest absolute Gasteiger partial charge is 0.492 e. The highest BCUT2D eigenvalue weighted by atomic mass is 127. The van der Waals surface area contributed by atoms with Gasteiger partial charge in [0.15, 0.2) is 5.96 Å². The van der Waals surface area contributed by atoms with Crippen molar-refractivity contribution in [3.8, 4) is 5.75 Å². The van der Waals surface area contributed by atoms with Gasteiger partial charge in [-0.25, -0.2) is 4.79 Å². The van der Waals surface area contributed by atoms with E-state index in [0.717, 1.165) is 24.6 Å². The van der Waals surface area contributed by atoms with E-state index in [9.17, 15) is 4.79 Å². The van der Waals surface area contributed by atoms with E-state index in [0.29, 0.717) is 32.2 Å². The molecule has 1 unspecified atom stereocenters. The summed E-state index contributed by atoms with van der Waals surface area (Å²) < 4.78 is 10.8. The first-order valence-corrected chi connectivity index (χ1v) is 9.58. The van der Waals surface area contributed by atoms with Crippen LogP contribution in [0.15, 0.2) is 29.3 Å². The van der Waals surface area contributed by atoms with Crippen LogP contribution in [-0.2, 0) is 4.74 Å². The van der Waals surface area contributed by atoms with E-state index in [1.807, 2.05) is 36.2 Å². The van der Waals surface area contributed by atoms with E-state index in [4.69, 9.17) is 9.47 Å². The number of rotatable bonds is 9. The van der Waals surface area contributed by atoms with E-state index in [1.54, 1.807) is 14.0 Å². The Bertz CT molecular complexity index is 620. The number of nitrogens with one attached hydrogen (secondary N) is 2. The summed E-state index contributed by atoms with van der Waals surface area (Å²) >= 11 is 0. The van der Waals surface area contributed by atoms with Crippen LogP contribution in [-0.4, -0.2) is 63.4 Å². The Morgan fingerprint density at radius 1 is 1.32 bits per heavy atom. The van der Waals surface area contributed by atoms with Crippen molar-refractivity contribution in [3.63, 3.8) is 0 Å². The predicted octanol–water partition coefficient (Wildman–Crippen LogP) is 3.02. The maximum Gasteiger partial charge on any atom is 0.407 e. The Morgan fingerprint density at radius 3 is 2.57 bits per heavy atom. The van der Waals surface area contributed by atoms with Crippen LogP contribution in [0.1, 0.15) is 25.3 Å². The lowest BCUT2D eigenvalue weighted by molar-refractivity contribution is 0.146. The van der Waals surface area contributed by atoms with Gasteiger partial charge < -0.3 is 25.0 Å². The molecule has 0 radical (unpaired) electrons. The van der Waals surface area contributed by atoms with Gasteiger partial charge in [0.25, 0.3) is 0 Å². The second-order valence-electron chi connectivity index (χ2n) is 6.82. The fraction of sp³-hybridized carbons (Fsp3) is 0.600. The van der Waals surface area contributed by atoms with Crippen LogP contribution < -0.4 is 15.4 Å². The number of benzene rings is 1. The Hall–Kier alpha value is -1.71. The quantitative estimate of drug-likeness (QED) is 0.307. The molecule has 0 saturated heterocycles. The Morgan fingerprint density at radius 2 is 2.00 bits per heavy atom. The Balaban J connectivity index is 0.00000392. The molecule has 0 aromatic heterocycles. The van der Waals surface area contributed by atoms with Crippen LogP contribution in [0, 0.1) is 12.8 Å². The van der Waals surface area contributed by atoms with Crippen molar-refractivity contribution in [3.05, 3.63) is 29.8 Å². The number of carbonyl (C=O) groups is 1. The highest BCUT2D eigenvalue weighted by Crippen LogP contribution is 2.32. The van der Waals surface area contributed by atoms with Crippen LogP contribution in [0.3, 0.4) is 0 Å². The number of carbonyl (C=O) groups excluding carboxylic acids is 1. The van der Waals surface area contributed by atoms with E-state index in [2.05, 4.69) is 22.5 Å². The Kier molecular flexibility index (Phi) is 11.0. The average Bonchev–Trinajstić information content (AvgIpc) is 3.48. The molecule has 1 fully saturated rings. The summed E-state index contributed by atoms with van der Waals surface area (Å²) in [6.07, 6.45) is 1.92. The van der Waals surface area contributed by atoms with Gasteiger partial charge in [-0.15, -0.1) is 24.0 Å². The number of nitrogens with zero attached hydrogens (tertiary/aromatic N) is 2. The van der Waals surface area contributed by atoms with Crippen molar-refractivity contribution in [2.75, 3.05) is 40.4 Å². The second-order valence-corrected chi connectivity index (χ2v) is 6.82. The van der Waals surface area contributed by atoms with Gasteiger partial charge in [0.1, 0.15) is 12.4 Å². The number of ether oxygens (including phenoxy) is 2. The molecular weight excluding hydrogens is 471 g/mol. The zero-order valence-corrected chi connectivity index (χ0v) is 19.6. The normalized spacial score (nSPS) is 14.5. The number of guanidine groups is 1. The van der Waals surface area contributed by atoms with Crippen LogP contribution >= 0.6 is 24.0 Å². The maximum atomic E-state index is 11.7. The minimum atomic E-state index is -0.356. The molecule has 1 aromatic rings. The van der Waals surface area contributed by atoms with Crippen molar-refractivity contribution in [2.24, 2.45) is 10.9 Å². The van der Waals surface area contributed by atoms with Crippen molar-refractivity contribution in [2.45, 2.75) is 32.7 Å². The van der Waals surface area contributed by atoms with Crippen molar-refractivity contribution >= 4 is 36.0 Å². The number of hydrogen-bond donors (Lipinski definition) is 2. The molecule has 1 atom stereocenters. The third-order valence-electron chi connectivity index (χ3n) is 4.54. The maximum absolute atomic E-state index is 11.7. The summed E-state index contributed by atoms with van der Waals surface area (Å²) in [6.45, 7) is 6.13. The standard InChI is InChI=1S/C20H32N4O3.HI/c1-5-26-20(25)23-18(16-8-9-16)14-22-19(21-3)24(4)12-13-27-17-10-6-15(2)7-11-17;/h6-7,10-11,16,18H,5,8-9,12-14H2,1-4H3,(H,21,22)(H,23,25);1H. The molecule has 8 heteroatoms. The number of hydrogen-bond acceptors (Lipinski definition) is 4. The van der Waals surface area contributed by atoms with Crippen molar-refractivity contribution < 1.29 is 14.3 Å². The molecule has 158 valence electrons. The molecule has 0 heterocycles. The lowest BCUT2D eigenvalue weighted by atomic mass is 10.2. The summed E-state index contributed by atoms with van der Waals surface area (Å²) in [5, 5.41) is 6.29. The average molecular weight is 504 g/mol. The molecule has 1 aliphatic rings. The topological polar surface area (TPSA) is 75.2 Å². The van der Waals surface area contributed by atoms with Gasteiger partial charge >= 0.3 is 6.09 Å². The molecule has 1 aromatic carbocycles. The van der Waals surface area contributed by atoms with E-state index in [-0.39, 0.29) is 36.1 Å². The minimum Gasteiger partial charge on any atom is -0.492 e. The molecule has 2 N–H and O–H groups in total. The predicted molar refractivity (Wildman–Crippen MR) is 123 cm³/mol. The third kappa shape index (κ3) is 8.53. The van der Waals surface area contributed by atoms with Crippen molar-refractivity contribution in [1.29, 1.82) is 0 Å². The molecule has 1 aliphatic carbocycles. The van der Waals surface area contributed by atoms with Crippen molar-refractivity contribution in [1.82, 2.24) is 15.5 Å². The molecule has 0 spiro atoms. The second kappa shape index (κ2) is 12.7. The number of amides is 1. The van der Waals surface area contributed by atoms with Gasteiger partial charge in [0.05, 0.1) is 19.2 Å². The van der Waals surface area contributed by atoms with Gasteiger partial charge in [-0.2, -0.15) is 0 Å². The summed E-state index contributed by atoms with van der Waals surface area (Å²) in [5.74, 6) is 2.15. The molecule has 0 bridgehead atoms. The first-order chi connectivity index (χ1) is 13.0.